The molecule has 0 radical (unpaired) electrons. The number of hydroxylamine groups is 1. The average Bonchev–Trinajstić information content (AvgIpc) is 2.84. The fourth-order valence-electron chi connectivity index (χ4n) is 2.58. The molecule has 1 amide bonds. The van der Waals surface area contributed by atoms with E-state index in [0.717, 1.165) is 43.8 Å². The molecule has 2 rings (SSSR count). The minimum absolute atomic E-state index is 0.0377. The molecule has 132 valence electrons. The summed E-state index contributed by atoms with van der Waals surface area (Å²) in [4.78, 5) is 16.2. The number of fused-ring (bicyclic) bond motifs is 1. The van der Waals surface area contributed by atoms with Crippen LogP contribution in [0.4, 0.5) is 5.82 Å². The maximum atomic E-state index is 11.4. The summed E-state index contributed by atoms with van der Waals surface area (Å²) in [6, 6.07) is 0. The standard InChI is InChI=1S/C16H22Br2N4O2/c1-8-12(17)9(2)22-14(19-7-11(23)21-24)10(6-16(3,4)5)20-15(22)13(8)18/h19,24H,6-7H2,1-5H3,(H,21,23). The van der Waals surface area contributed by atoms with Gasteiger partial charge in [0, 0.05) is 10.2 Å². The van der Waals surface area contributed by atoms with E-state index in [2.05, 4.69) is 57.9 Å². The minimum Gasteiger partial charge on any atom is -0.360 e. The molecular formula is C16H22Br2N4O2. The molecule has 0 atom stereocenters. The van der Waals surface area contributed by atoms with Crippen LogP contribution >= 0.6 is 31.9 Å². The highest BCUT2D eigenvalue weighted by Crippen LogP contribution is 2.36. The van der Waals surface area contributed by atoms with E-state index in [0.29, 0.717) is 0 Å². The highest BCUT2D eigenvalue weighted by molar-refractivity contribution is 9.11. The largest absolute Gasteiger partial charge is 0.360 e. The van der Waals surface area contributed by atoms with Crippen LogP contribution in [0.5, 0.6) is 0 Å². The molecule has 0 saturated carbocycles. The van der Waals surface area contributed by atoms with Crippen LogP contribution < -0.4 is 10.8 Å². The van der Waals surface area contributed by atoms with Crippen molar-refractivity contribution in [2.24, 2.45) is 5.41 Å². The SMILES string of the molecule is Cc1c(Br)c(C)n2c(NCC(=O)NO)c(CC(C)(C)C)nc2c1Br. The average molecular weight is 462 g/mol. The van der Waals surface area contributed by atoms with Gasteiger partial charge >= 0.3 is 0 Å². The van der Waals surface area contributed by atoms with Crippen LogP contribution in [0.1, 0.15) is 37.7 Å². The number of rotatable bonds is 4. The van der Waals surface area contributed by atoms with E-state index in [4.69, 9.17) is 10.2 Å². The molecule has 2 heterocycles. The van der Waals surface area contributed by atoms with Gasteiger partial charge in [-0.1, -0.05) is 20.8 Å². The lowest BCUT2D eigenvalue weighted by Crippen LogP contribution is -2.27. The van der Waals surface area contributed by atoms with Gasteiger partial charge in [-0.05, 0) is 63.1 Å². The van der Waals surface area contributed by atoms with Crippen LogP contribution in [0, 0.1) is 19.3 Å². The summed E-state index contributed by atoms with van der Waals surface area (Å²) in [7, 11) is 0. The molecule has 0 saturated heterocycles. The van der Waals surface area contributed by atoms with Gasteiger partial charge in [-0.2, -0.15) is 0 Å². The van der Waals surface area contributed by atoms with Gasteiger partial charge in [-0.15, -0.1) is 0 Å². The number of imidazole rings is 1. The van der Waals surface area contributed by atoms with Crippen LogP contribution in [0.25, 0.3) is 5.65 Å². The fraction of sp³-hybridized carbons (Fsp3) is 0.500. The number of carbonyl (C=O) groups excluding carboxylic acids is 1. The third kappa shape index (κ3) is 3.75. The summed E-state index contributed by atoms with van der Waals surface area (Å²) in [6.45, 7) is 10.4. The molecule has 2 aromatic rings. The summed E-state index contributed by atoms with van der Waals surface area (Å²) in [6.07, 6.45) is 0.750. The predicted octanol–water partition coefficient (Wildman–Crippen LogP) is 3.98. The molecule has 24 heavy (non-hydrogen) atoms. The summed E-state index contributed by atoms with van der Waals surface area (Å²) >= 11 is 7.25. The van der Waals surface area contributed by atoms with Crippen molar-refractivity contribution in [1.82, 2.24) is 14.9 Å². The molecule has 3 N–H and O–H groups in total. The van der Waals surface area contributed by atoms with E-state index in [9.17, 15) is 4.79 Å². The Balaban J connectivity index is 2.68. The van der Waals surface area contributed by atoms with Crippen LogP contribution in [-0.2, 0) is 11.2 Å². The number of nitrogens with one attached hydrogen (secondary N) is 2. The van der Waals surface area contributed by atoms with Crippen molar-refractivity contribution in [3.8, 4) is 0 Å². The highest BCUT2D eigenvalue weighted by Gasteiger charge is 2.23. The number of carbonyl (C=O) groups is 1. The van der Waals surface area contributed by atoms with Crippen LogP contribution in [0.15, 0.2) is 8.95 Å². The number of anilines is 1. The number of amides is 1. The molecule has 0 unspecified atom stereocenters. The van der Waals surface area contributed by atoms with Crippen molar-refractivity contribution >= 4 is 49.2 Å². The maximum Gasteiger partial charge on any atom is 0.262 e. The van der Waals surface area contributed by atoms with Gasteiger partial charge < -0.3 is 5.32 Å². The Hall–Kier alpha value is -1.12. The van der Waals surface area contributed by atoms with Gasteiger partial charge in [0.25, 0.3) is 5.91 Å². The first kappa shape index (κ1) is 19.2. The van der Waals surface area contributed by atoms with E-state index in [-0.39, 0.29) is 12.0 Å². The van der Waals surface area contributed by atoms with Crippen molar-refractivity contribution in [3.05, 3.63) is 25.9 Å². The van der Waals surface area contributed by atoms with Gasteiger partial charge in [0.2, 0.25) is 0 Å². The molecule has 6 nitrogen and oxygen atoms in total. The third-order valence-electron chi connectivity index (χ3n) is 3.70. The number of aromatic nitrogens is 2. The monoisotopic (exact) mass is 460 g/mol. The Morgan fingerprint density at radius 3 is 2.42 bits per heavy atom. The Labute approximate surface area is 158 Å². The van der Waals surface area contributed by atoms with E-state index < -0.39 is 5.91 Å². The number of pyridine rings is 1. The molecule has 0 aliphatic rings. The molecule has 0 aliphatic carbocycles. The molecular weight excluding hydrogens is 440 g/mol. The number of halogens is 2. The van der Waals surface area contributed by atoms with Gasteiger partial charge in [0.15, 0.2) is 5.65 Å². The lowest BCUT2D eigenvalue weighted by molar-refractivity contribution is -0.127. The molecule has 2 aromatic heterocycles. The number of nitrogens with zero attached hydrogens (tertiary/aromatic N) is 2. The topological polar surface area (TPSA) is 78.7 Å². The van der Waals surface area contributed by atoms with Gasteiger partial charge in [-0.25, -0.2) is 10.5 Å². The summed E-state index contributed by atoms with van der Waals surface area (Å²) in [5.74, 6) is 0.261. The summed E-state index contributed by atoms with van der Waals surface area (Å²) in [5, 5.41) is 11.8. The molecule has 0 aliphatic heterocycles. The van der Waals surface area contributed by atoms with E-state index >= 15 is 0 Å². The van der Waals surface area contributed by atoms with Crippen LogP contribution in [0.2, 0.25) is 0 Å². The van der Waals surface area contributed by atoms with E-state index in [1.54, 1.807) is 5.48 Å². The Kier molecular flexibility index (Phi) is 5.61. The van der Waals surface area contributed by atoms with E-state index in [1.165, 1.54) is 0 Å². The van der Waals surface area contributed by atoms with Gasteiger partial charge in [0.05, 0.1) is 16.7 Å². The Morgan fingerprint density at radius 1 is 1.25 bits per heavy atom. The predicted molar refractivity (Wildman–Crippen MR) is 102 cm³/mol. The second-order valence-corrected chi connectivity index (χ2v) is 8.62. The molecule has 8 heteroatoms. The first-order chi connectivity index (χ1) is 11.1. The zero-order chi connectivity index (χ0) is 18.2. The lowest BCUT2D eigenvalue weighted by Gasteiger charge is -2.18. The zero-order valence-electron chi connectivity index (χ0n) is 14.4. The maximum absolute atomic E-state index is 11.4. The Morgan fingerprint density at radius 2 is 1.88 bits per heavy atom. The van der Waals surface area contributed by atoms with Crippen molar-refractivity contribution in [2.45, 2.75) is 41.0 Å². The second kappa shape index (κ2) is 7.01. The Bertz CT molecular complexity index is 794. The summed E-state index contributed by atoms with van der Waals surface area (Å²) in [5.41, 5.74) is 5.44. The molecule has 0 bridgehead atoms. The number of hydrogen-bond donors (Lipinski definition) is 3. The van der Waals surface area contributed by atoms with E-state index in [1.807, 2.05) is 18.2 Å². The quantitative estimate of drug-likeness (QED) is 0.475. The van der Waals surface area contributed by atoms with Crippen molar-refractivity contribution in [2.75, 3.05) is 11.9 Å². The lowest BCUT2D eigenvalue weighted by atomic mass is 9.90. The van der Waals surface area contributed by atoms with Crippen molar-refractivity contribution in [1.29, 1.82) is 0 Å². The third-order valence-corrected chi connectivity index (χ3v) is 5.81. The summed E-state index contributed by atoms with van der Waals surface area (Å²) < 4.78 is 3.89. The number of aryl methyl sites for hydroxylation is 1. The first-order valence-electron chi connectivity index (χ1n) is 7.59. The fourth-order valence-corrected chi connectivity index (χ4v) is 3.69. The smallest absolute Gasteiger partial charge is 0.262 e. The normalized spacial score (nSPS) is 11.8. The minimum atomic E-state index is -0.505. The van der Waals surface area contributed by atoms with Gasteiger partial charge in [0.1, 0.15) is 5.82 Å². The van der Waals surface area contributed by atoms with Crippen molar-refractivity contribution in [3.63, 3.8) is 0 Å². The number of hydrogen-bond acceptors (Lipinski definition) is 4. The zero-order valence-corrected chi connectivity index (χ0v) is 17.6. The molecule has 0 aromatic carbocycles. The van der Waals surface area contributed by atoms with Crippen LogP contribution in [0.3, 0.4) is 0 Å². The van der Waals surface area contributed by atoms with Gasteiger partial charge in [-0.3, -0.25) is 14.4 Å². The molecule has 0 spiro atoms. The first-order valence-corrected chi connectivity index (χ1v) is 9.17. The molecule has 0 fully saturated rings. The van der Waals surface area contributed by atoms with Crippen molar-refractivity contribution < 1.29 is 10.0 Å². The highest BCUT2D eigenvalue weighted by atomic mass is 79.9. The van der Waals surface area contributed by atoms with Crippen LogP contribution in [-0.4, -0.2) is 27.0 Å². The second-order valence-electron chi connectivity index (χ2n) is 7.03.